The average molecular weight is 381 g/mol. The van der Waals surface area contributed by atoms with Crippen LogP contribution >= 0.6 is 0 Å². The van der Waals surface area contributed by atoms with Gasteiger partial charge >= 0.3 is 0 Å². The van der Waals surface area contributed by atoms with Gasteiger partial charge in [-0.2, -0.15) is 0 Å². The van der Waals surface area contributed by atoms with Gasteiger partial charge in [0.15, 0.2) is 0 Å². The molecule has 0 aromatic heterocycles. The summed E-state index contributed by atoms with van der Waals surface area (Å²) in [6, 6.07) is 4.49. The van der Waals surface area contributed by atoms with Crippen LogP contribution in [0, 0.1) is 45.6 Å². The first-order chi connectivity index (χ1) is 13.4. The fourth-order valence-corrected chi connectivity index (χ4v) is 5.39. The lowest BCUT2D eigenvalue weighted by molar-refractivity contribution is -0.384. The van der Waals surface area contributed by atoms with Crippen LogP contribution in [-0.4, -0.2) is 33.6 Å². The van der Waals surface area contributed by atoms with E-state index in [-0.39, 0.29) is 41.2 Å². The van der Waals surface area contributed by atoms with Crippen LogP contribution in [0.4, 0.5) is 11.4 Å². The van der Waals surface area contributed by atoms with Gasteiger partial charge in [0, 0.05) is 17.8 Å². The summed E-state index contributed by atoms with van der Waals surface area (Å²) in [5, 5.41) is 13.4. The molecule has 0 unspecified atom stereocenters. The van der Waals surface area contributed by atoms with E-state index < -0.39 is 16.9 Å². The maximum Gasteiger partial charge on any atom is 0.269 e. The smallest absolute Gasteiger partial charge is 0.269 e. The molecule has 8 heteroatoms. The topological polar surface area (TPSA) is 110 Å². The fraction of sp³-hybridized carbons (Fsp3) is 0.450. The van der Waals surface area contributed by atoms with Crippen molar-refractivity contribution in [1.82, 2.24) is 4.90 Å². The molecule has 3 fully saturated rings. The number of nitro benzene ring substituents is 1. The average Bonchev–Trinajstić information content (AvgIpc) is 3.45. The van der Waals surface area contributed by atoms with Crippen LogP contribution in [0.1, 0.15) is 13.3 Å². The number of likely N-dealkylation sites (tertiary alicyclic amines) is 1. The van der Waals surface area contributed by atoms with Crippen molar-refractivity contribution in [2.24, 2.45) is 35.5 Å². The number of nitro groups is 1. The zero-order valence-corrected chi connectivity index (χ0v) is 15.1. The second kappa shape index (κ2) is 5.73. The quantitative estimate of drug-likeness (QED) is 0.371. The lowest BCUT2D eigenvalue weighted by atomic mass is 9.63. The minimum absolute atomic E-state index is 0.0819. The number of nitrogens with zero attached hydrogens (tertiary/aromatic N) is 2. The van der Waals surface area contributed by atoms with Crippen molar-refractivity contribution in [1.29, 1.82) is 0 Å². The van der Waals surface area contributed by atoms with Gasteiger partial charge in [0.1, 0.15) is 6.04 Å². The number of imide groups is 1. The van der Waals surface area contributed by atoms with Gasteiger partial charge < -0.3 is 5.32 Å². The summed E-state index contributed by atoms with van der Waals surface area (Å²) in [5.74, 6) is -0.384. The van der Waals surface area contributed by atoms with Gasteiger partial charge in [0.25, 0.3) is 5.69 Å². The SMILES string of the molecule is C[C@H](C(=O)Nc1ccc([N+](=O)[O-])cc1)N1C(=O)[C@H]2[C@@H]3C=C[C@H]([C@H]4C[C@H]34)[C@@H]2C1=O. The Hall–Kier alpha value is -3.03. The highest BCUT2D eigenvalue weighted by Gasteiger charge is 2.67. The van der Waals surface area contributed by atoms with Crippen LogP contribution < -0.4 is 5.32 Å². The highest BCUT2D eigenvalue weighted by Crippen LogP contribution is 2.65. The number of allylic oxidation sites excluding steroid dienone is 2. The molecular weight excluding hydrogens is 362 g/mol. The number of hydrogen-bond donors (Lipinski definition) is 1. The Kier molecular flexibility index (Phi) is 3.50. The van der Waals surface area contributed by atoms with Crippen LogP contribution in [0.15, 0.2) is 36.4 Å². The van der Waals surface area contributed by atoms with Crippen LogP contribution in [0.25, 0.3) is 0 Å². The summed E-state index contributed by atoms with van der Waals surface area (Å²) in [7, 11) is 0. The Morgan fingerprint density at radius 2 is 1.64 bits per heavy atom. The summed E-state index contributed by atoms with van der Waals surface area (Å²) < 4.78 is 0. The zero-order chi connectivity index (χ0) is 19.7. The Morgan fingerprint density at radius 1 is 1.11 bits per heavy atom. The molecule has 3 amide bonds. The number of nitrogens with one attached hydrogen (secondary N) is 1. The van der Waals surface area contributed by atoms with Crippen molar-refractivity contribution in [2.45, 2.75) is 19.4 Å². The van der Waals surface area contributed by atoms with Gasteiger partial charge in [-0.3, -0.25) is 29.4 Å². The highest BCUT2D eigenvalue weighted by atomic mass is 16.6. The number of carbonyl (C=O) groups excluding carboxylic acids is 3. The first kappa shape index (κ1) is 17.1. The molecule has 1 heterocycles. The van der Waals surface area contributed by atoms with E-state index in [1.54, 1.807) is 6.92 Å². The third-order valence-electron chi connectivity index (χ3n) is 6.81. The summed E-state index contributed by atoms with van der Waals surface area (Å²) in [6.45, 7) is 1.55. The van der Waals surface area contributed by atoms with Gasteiger partial charge in [-0.25, -0.2) is 0 Å². The van der Waals surface area contributed by atoms with E-state index >= 15 is 0 Å². The number of benzene rings is 1. The summed E-state index contributed by atoms with van der Waals surface area (Å²) >= 11 is 0. The number of anilines is 1. The largest absolute Gasteiger partial charge is 0.324 e. The van der Waals surface area contributed by atoms with E-state index in [4.69, 9.17) is 0 Å². The van der Waals surface area contributed by atoms with Crippen molar-refractivity contribution in [3.05, 3.63) is 46.5 Å². The van der Waals surface area contributed by atoms with E-state index in [9.17, 15) is 24.5 Å². The first-order valence-electron chi connectivity index (χ1n) is 9.49. The van der Waals surface area contributed by atoms with Crippen molar-refractivity contribution >= 4 is 29.1 Å². The van der Waals surface area contributed by atoms with E-state index in [2.05, 4.69) is 17.5 Å². The molecule has 8 nitrogen and oxygen atoms in total. The minimum Gasteiger partial charge on any atom is -0.324 e. The van der Waals surface area contributed by atoms with Crippen molar-refractivity contribution in [3.63, 3.8) is 0 Å². The Morgan fingerprint density at radius 3 is 2.14 bits per heavy atom. The van der Waals surface area contributed by atoms with Crippen LogP contribution in [0.5, 0.6) is 0 Å². The minimum atomic E-state index is -0.934. The predicted molar refractivity (Wildman–Crippen MR) is 97.7 cm³/mol. The number of amides is 3. The van der Waals surface area contributed by atoms with Crippen molar-refractivity contribution < 1.29 is 19.3 Å². The van der Waals surface area contributed by atoms with E-state index in [0.717, 1.165) is 11.3 Å². The second-order valence-corrected chi connectivity index (χ2v) is 8.17. The monoisotopic (exact) mass is 381 g/mol. The van der Waals surface area contributed by atoms with Crippen LogP contribution in [-0.2, 0) is 14.4 Å². The lowest BCUT2D eigenvalue weighted by Gasteiger charge is -2.37. The summed E-state index contributed by atoms with van der Waals surface area (Å²) in [5.41, 5.74) is 0.295. The number of hydrogen-bond acceptors (Lipinski definition) is 5. The van der Waals surface area contributed by atoms with Crippen molar-refractivity contribution in [2.75, 3.05) is 5.32 Å². The summed E-state index contributed by atoms with van der Waals surface area (Å²) in [6.07, 6.45) is 5.28. The van der Waals surface area contributed by atoms with Crippen molar-refractivity contribution in [3.8, 4) is 0 Å². The molecule has 2 bridgehead atoms. The molecule has 1 aromatic carbocycles. The number of non-ortho nitro benzene ring substituents is 1. The fourth-order valence-electron chi connectivity index (χ4n) is 5.39. The maximum atomic E-state index is 13.0. The molecule has 5 aliphatic rings. The van der Waals surface area contributed by atoms with Gasteiger partial charge in [-0.05, 0) is 49.1 Å². The maximum absolute atomic E-state index is 13.0. The van der Waals surface area contributed by atoms with Gasteiger partial charge in [-0.1, -0.05) is 12.2 Å². The molecule has 0 spiro atoms. The Balaban J connectivity index is 1.33. The number of carbonyl (C=O) groups is 3. The normalized spacial score (nSPS) is 35.4. The third kappa shape index (κ3) is 2.26. The third-order valence-corrected chi connectivity index (χ3v) is 6.81. The molecular formula is C20H19N3O5. The molecule has 0 radical (unpaired) electrons. The molecule has 1 N–H and O–H groups in total. The summed E-state index contributed by atoms with van der Waals surface area (Å²) in [4.78, 5) is 50.1. The van der Waals surface area contributed by atoms with Crippen LogP contribution in [0.3, 0.4) is 0 Å². The Bertz CT molecular complexity index is 904. The molecule has 1 saturated heterocycles. The van der Waals surface area contributed by atoms with Gasteiger partial charge in [0.05, 0.1) is 16.8 Å². The zero-order valence-electron chi connectivity index (χ0n) is 15.1. The van der Waals surface area contributed by atoms with Gasteiger partial charge in [0.2, 0.25) is 17.7 Å². The first-order valence-corrected chi connectivity index (χ1v) is 9.49. The highest BCUT2D eigenvalue weighted by molar-refractivity contribution is 6.10. The number of rotatable bonds is 4. The van der Waals surface area contributed by atoms with E-state index in [1.165, 1.54) is 24.3 Å². The second-order valence-electron chi connectivity index (χ2n) is 8.17. The molecule has 28 heavy (non-hydrogen) atoms. The molecule has 4 aliphatic carbocycles. The van der Waals surface area contributed by atoms with Crippen LogP contribution in [0.2, 0.25) is 0 Å². The predicted octanol–water partition coefficient (Wildman–Crippen LogP) is 1.97. The lowest BCUT2D eigenvalue weighted by Crippen LogP contribution is -2.46. The molecule has 7 atom stereocenters. The molecule has 1 aromatic rings. The molecule has 2 saturated carbocycles. The molecule has 1 aliphatic heterocycles. The van der Waals surface area contributed by atoms with E-state index in [0.29, 0.717) is 17.5 Å². The van der Waals surface area contributed by atoms with E-state index in [1.807, 2.05) is 0 Å². The van der Waals surface area contributed by atoms with Gasteiger partial charge in [-0.15, -0.1) is 0 Å². The Labute approximate surface area is 160 Å². The molecule has 144 valence electrons. The standard InChI is InChI=1S/C20H19N3O5/c1-9(18(24)21-10-2-4-11(5-3-10)23(27)28)22-19(25)16-12-6-7-13(15-8-14(12)15)17(16)20(22)26/h2-7,9,12-17H,8H2,1H3,(H,21,24)/t9-,12-,13-,14-,15-,16+,17+/m1/s1. The molecule has 6 rings (SSSR count).